The molecule has 1 fully saturated rings. The average molecular weight is 344 g/mol. The SMILES string of the molecule is C1=C(Oc2ccccc2)C2SSSC2=C1Oc1ccccc1. The third kappa shape index (κ3) is 2.89. The lowest BCUT2D eigenvalue weighted by atomic mass is 10.3. The van der Waals surface area contributed by atoms with Gasteiger partial charge < -0.3 is 9.47 Å². The molecule has 110 valence electrons. The van der Waals surface area contributed by atoms with Gasteiger partial charge in [-0.25, -0.2) is 0 Å². The molecule has 1 aliphatic heterocycles. The molecule has 1 aliphatic carbocycles. The van der Waals surface area contributed by atoms with Gasteiger partial charge in [0.05, 0.1) is 4.91 Å². The fourth-order valence-electron chi connectivity index (χ4n) is 2.21. The summed E-state index contributed by atoms with van der Waals surface area (Å²) in [5, 5.41) is 0.230. The summed E-state index contributed by atoms with van der Waals surface area (Å²) in [5.41, 5.74) is 0. The maximum Gasteiger partial charge on any atom is 0.142 e. The van der Waals surface area contributed by atoms with Crippen LogP contribution in [-0.4, -0.2) is 5.25 Å². The predicted octanol–water partition coefficient (Wildman–Crippen LogP) is 5.67. The van der Waals surface area contributed by atoms with Gasteiger partial charge in [0.2, 0.25) is 0 Å². The first-order chi connectivity index (χ1) is 10.9. The van der Waals surface area contributed by atoms with Crippen molar-refractivity contribution in [3.8, 4) is 11.5 Å². The van der Waals surface area contributed by atoms with Crippen LogP contribution < -0.4 is 9.47 Å². The zero-order valence-electron chi connectivity index (χ0n) is 11.5. The van der Waals surface area contributed by atoms with Crippen LogP contribution in [0, 0.1) is 0 Å². The standard InChI is InChI=1S/C17H12O2S3/c1-3-7-12(8-4-1)18-14-11-15(17-16(14)20-22-21-17)19-13-9-5-2-6-10-13/h1-11,16H. The van der Waals surface area contributed by atoms with Crippen molar-refractivity contribution in [1.29, 1.82) is 0 Å². The van der Waals surface area contributed by atoms with Gasteiger partial charge in [-0.3, -0.25) is 0 Å². The van der Waals surface area contributed by atoms with E-state index in [0.717, 1.165) is 23.0 Å². The normalized spacial score (nSPS) is 19.8. The number of rotatable bonds is 4. The van der Waals surface area contributed by atoms with E-state index in [1.165, 1.54) is 4.91 Å². The molecule has 0 N–H and O–H groups in total. The smallest absolute Gasteiger partial charge is 0.142 e. The summed E-state index contributed by atoms with van der Waals surface area (Å²) < 4.78 is 12.1. The second-order valence-corrected chi connectivity index (χ2v) is 8.85. The minimum Gasteiger partial charge on any atom is -0.460 e. The van der Waals surface area contributed by atoms with E-state index in [4.69, 9.17) is 9.47 Å². The molecule has 2 aromatic rings. The highest BCUT2D eigenvalue weighted by atomic mass is 33.5. The van der Waals surface area contributed by atoms with Crippen LogP contribution in [-0.2, 0) is 0 Å². The Balaban J connectivity index is 1.58. The van der Waals surface area contributed by atoms with Crippen LogP contribution in [0.3, 0.4) is 0 Å². The van der Waals surface area contributed by atoms with Crippen molar-refractivity contribution in [2.45, 2.75) is 5.25 Å². The summed E-state index contributed by atoms with van der Waals surface area (Å²) in [6.07, 6.45) is 2.01. The van der Waals surface area contributed by atoms with Gasteiger partial charge in [0, 0.05) is 6.08 Å². The van der Waals surface area contributed by atoms with Crippen LogP contribution in [0.2, 0.25) is 0 Å². The molecule has 2 aromatic carbocycles. The maximum absolute atomic E-state index is 6.05. The molecule has 22 heavy (non-hydrogen) atoms. The molecule has 2 aliphatic rings. The van der Waals surface area contributed by atoms with Crippen molar-refractivity contribution < 1.29 is 9.47 Å². The minimum absolute atomic E-state index is 0.230. The van der Waals surface area contributed by atoms with E-state index in [9.17, 15) is 0 Å². The van der Waals surface area contributed by atoms with Gasteiger partial charge in [-0.1, -0.05) is 47.2 Å². The first-order valence-corrected chi connectivity index (χ1v) is 10.4. The van der Waals surface area contributed by atoms with E-state index in [0.29, 0.717) is 0 Å². The molecule has 1 atom stereocenters. The third-order valence-electron chi connectivity index (χ3n) is 3.22. The Morgan fingerprint density at radius 3 is 2.09 bits per heavy atom. The van der Waals surface area contributed by atoms with Crippen molar-refractivity contribution in [2.75, 3.05) is 0 Å². The van der Waals surface area contributed by atoms with Crippen molar-refractivity contribution in [3.05, 3.63) is 83.2 Å². The summed E-state index contributed by atoms with van der Waals surface area (Å²) in [7, 11) is 5.33. The van der Waals surface area contributed by atoms with E-state index < -0.39 is 0 Å². The lowest BCUT2D eigenvalue weighted by Crippen LogP contribution is -2.06. The highest BCUT2D eigenvalue weighted by Gasteiger charge is 2.37. The second-order valence-electron chi connectivity index (χ2n) is 4.73. The molecular weight excluding hydrogens is 332 g/mol. The maximum atomic E-state index is 6.05. The van der Waals surface area contributed by atoms with E-state index >= 15 is 0 Å². The van der Waals surface area contributed by atoms with Gasteiger partial charge >= 0.3 is 0 Å². The quantitative estimate of drug-likeness (QED) is 0.664. The fourth-order valence-corrected chi connectivity index (χ4v) is 7.26. The molecule has 1 unspecified atom stereocenters. The number of para-hydroxylation sites is 2. The van der Waals surface area contributed by atoms with Gasteiger partial charge in [0.15, 0.2) is 0 Å². The second kappa shape index (κ2) is 6.36. The van der Waals surface area contributed by atoms with Crippen LogP contribution in [0.4, 0.5) is 0 Å². The Labute approximate surface area is 140 Å². The molecule has 0 amide bonds. The molecule has 0 spiro atoms. The number of ether oxygens (including phenoxy) is 2. The van der Waals surface area contributed by atoms with Gasteiger partial charge in [-0.05, 0) is 44.9 Å². The zero-order chi connectivity index (χ0) is 14.8. The Kier molecular flexibility index (Phi) is 4.10. The molecule has 1 saturated heterocycles. The Morgan fingerprint density at radius 2 is 1.41 bits per heavy atom. The van der Waals surface area contributed by atoms with Gasteiger partial charge in [-0.15, -0.1) is 0 Å². The Morgan fingerprint density at radius 1 is 0.773 bits per heavy atom. The monoisotopic (exact) mass is 344 g/mol. The van der Waals surface area contributed by atoms with E-state index in [2.05, 4.69) is 0 Å². The van der Waals surface area contributed by atoms with Crippen LogP contribution in [0.25, 0.3) is 0 Å². The van der Waals surface area contributed by atoms with Gasteiger partial charge in [0.1, 0.15) is 28.3 Å². The predicted molar refractivity (Wildman–Crippen MR) is 95.8 cm³/mol. The topological polar surface area (TPSA) is 18.5 Å². The molecule has 0 saturated carbocycles. The molecule has 0 radical (unpaired) electrons. The van der Waals surface area contributed by atoms with Crippen LogP contribution in [0.1, 0.15) is 0 Å². The van der Waals surface area contributed by atoms with Crippen LogP contribution in [0.5, 0.6) is 11.5 Å². The minimum atomic E-state index is 0.230. The lowest BCUT2D eigenvalue weighted by molar-refractivity contribution is 0.417. The first kappa shape index (κ1) is 14.2. The highest BCUT2D eigenvalue weighted by molar-refractivity contribution is 9.11. The van der Waals surface area contributed by atoms with E-state index in [1.54, 1.807) is 31.4 Å². The largest absolute Gasteiger partial charge is 0.460 e. The van der Waals surface area contributed by atoms with Crippen molar-refractivity contribution >= 4 is 31.4 Å². The summed E-state index contributed by atoms with van der Waals surface area (Å²) in [6.45, 7) is 0. The molecular formula is C17H12O2S3. The van der Waals surface area contributed by atoms with Crippen molar-refractivity contribution in [3.63, 3.8) is 0 Å². The number of allylic oxidation sites excluding steroid dienone is 1. The molecule has 4 rings (SSSR count). The summed E-state index contributed by atoms with van der Waals surface area (Å²) in [6, 6.07) is 19.7. The first-order valence-electron chi connectivity index (χ1n) is 6.82. The van der Waals surface area contributed by atoms with Crippen LogP contribution >= 0.6 is 31.4 Å². The zero-order valence-corrected chi connectivity index (χ0v) is 13.9. The molecule has 1 heterocycles. The summed E-state index contributed by atoms with van der Waals surface area (Å²) in [5.74, 6) is 3.54. The van der Waals surface area contributed by atoms with E-state index in [-0.39, 0.29) is 5.25 Å². The molecule has 2 nitrogen and oxygen atoms in total. The Bertz CT molecular complexity index is 726. The van der Waals surface area contributed by atoms with Gasteiger partial charge in [0.25, 0.3) is 0 Å². The number of benzene rings is 2. The van der Waals surface area contributed by atoms with Crippen molar-refractivity contribution in [2.24, 2.45) is 0 Å². The third-order valence-corrected chi connectivity index (χ3v) is 7.67. The van der Waals surface area contributed by atoms with Crippen molar-refractivity contribution in [1.82, 2.24) is 0 Å². The Hall–Kier alpha value is -1.43. The molecule has 5 heteroatoms. The number of hydrogen-bond acceptors (Lipinski definition) is 5. The number of fused-ring (bicyclic) bond motifs is 1. The molecule has 0 bridgehead atoms. The summed E-state index contributed by atoms with van der Waals surface area (Å²) >= 11 is 0. The number of hydrogen-bond donors (Lipinski definition) is 0. The lowest BCUT2D eigenvalue weighted by Gasteiger charge is -2.10. The summed E-state index contributed by atoms with van der Waals surface area (Å²) in [4.78, 5) is 1.23. The van der Waals surface area contributed by atoms with E-state index in [1.807, 2.05) is 66.7 Å². The average Bonchev–Trinajstić information content (AvgIpc) is 3.15. The fraction of sp³-hybridized carbons (Fsp3) is 0.0588. The van der Waals surface area contributed by atoms with Gasteiger partial charge in [-0.2, -0.15) is 0 Å². The van der Waals surface area contributed by atoms with Crippen LogP contribution in [0.15, 0.2) is 83.2 Å². The molecule has 0 aromatic heterocycles. The highest BCUT2D eigenvalue weighted by Crippen LogP contribution is 2.60.